The fraction of sp³-hybridized carbons (Fsp3) is 0.700. The summed E-state index contributed by atoms with van der Waals surface area (Å²) in [6.07, 6.45) is 2.12. The van der Waals surface area contributed by atoms with E-state index in [1.54, 1.807) is 6.92 Å². The Kier molecular flexibility index (Phi) is 3.32. The standard InChI is InChI=1S/C10H15NO2/c1-3-13-9(12)5-7-10(2)6-4-8-11-10/h11H,3-4,6,8H2,1-2H3/t10-/m0/s1. The average molecular weight is 181 g/mol. The topological polar surface area (TPSA) is 38.3 Å². The van der Waals surface area contributed by atoms with Crippen molar-refractivity contribution in [3.8, 4) is 11.8 Å². The minimum absolute atomic E-state index is 0.188. The van der Waals surface area contributed by atoms with Gasteiger partial charge >= 0.3 is 5.97 Å². The Bertz CT molecular complexity index is 243. The molecule has 0 saturated carbocycles. The van der Waals surface area contributed by atoms with Gasteiger partial charge in [0.1, 0.15) is 0 Å². The van der Waals surface area contributed by atoms with Crippen LogP contribution in [0.1, 0.15) is 26.7 Å². The van der Waals surface area contributed by atoms with Crippen molar-refractivity contribution in [2.75, 3.05) is 13.2 Å². The first-order chi connectivity index (χ1) is 6.16. The summed E-state index contributed by atoms with van der Waals surface area (Å²) >= 11 is 0. The summed E-state index contributed by atoms with van der Waals surface area (Å²) in [6, 6.07) is 0. The van der Waals surface area contributed by atoms with Gasteiger partial charge in [-0.15, -0.1) is 0 Å². The zero-order chi connectivity index (χ0) is 9.73. The maximum absolute atomic E-state index is 10.9. The van der Waals surface area contributed by atoms with Gasteiger partial charge in [0, 0.05) is 5.92 Å². The Labute approximate surface area is 78.8 Å². The SMILES string of the molecule is CCOC(=O)C#C[C@]1(C)CCCN1. The molecule has 0 aliphatic carbocycles. The van der Waals surface area contributed by atoms with Crippen molar-refractivity contribution in [3.05, 3.63) is 0 Å². The average Bonchev–Trinajstić information content (AvgIpc) is 2.51. The van der Waals surface area contributed by atoms with Crippen molar-refractivity contribution in [2.24, 2.45) is 0 Å². The molecule has 0 aromatic carbocycles. The van der Waals surface area contributed by atoms with Gasteiger partial charge in [0.05, 0.1) is 12.1 Å². The molecule has 3 heteroatoms. The van der Waals surface area contributed by atoms with Crippen LogP contribution in [0.5, 0.6) is 0 Å². The highest BCUT2D eigenvalue weighted by Gasteiger charge is 2.25. The molecule has 0 unspecified atom stereocenters. The van der Waals surface area contributed by atoms with Crippen molar-refractivity contribution in [3.63, 3.8) is 0 Å². The van der Waals surface area contributed by atoms with E-state index in [0.717, 1.165) is 19.4 Å². The molecule has 0 radical (unpaired) electrons. The van der Waals surface area contributed by atoms with E-state index in [-0.39, 0.29) is 5.54 Å². The Morgan fingerprint density at radius 1 is 1.69 bits per heavy atom. The maximum atomic E-state index is 10.9. The summed E-state index contributed by atoms with van der Waals surface area (Å²) in [5.41, 5.74) is -0.188. The van der Waals surface area contributed by atoms with Crippen LogP contribution in [0.2, 0.25) is 0 Å². The molecule has 3 nitrogen and oxygen atoms in total. The van der Waals surface area contributed by atoms with Crippen LogP contribution in [0.15, 0.2) is 0 Å². The molecule has 1 rings (SSSR count). The van der Waals surface area contributed by atoms with Crippen LogP contribution in [-0.4, -0.2) is 24.7 Å². The van der Waals surface area contributed by atoms with Crippen molar-refractivity contribution >= 4 is 5.97 Å². The summed E-state index contributed by atoms with van der Waals surface area (Å²) in [7, 11) is 0. The lowest BCUT2D eigenvalue weighted by Crippen LogP contribution is -2.34. The highest BCUT2D eigenvalue weighted by molar-refractivity contribution is 5.88. The molecule has 1 atom stereocenters. The molecular formula is C10H15NO2. The molecule has 0 aromatic rings. The van der Waals surface area contributed by atoms with Crippen molar-refractivity contribution in [1.29, 1.82) is 0 Å². The minimum atomic E-state index is -0.433. The first-order valence-corrected chi connectivity index (χ1v) is 4.61. The molecule has 0 spiro atoms. The van der Waals surface area contributed by atoms with E-state index in [1.807, 2.05) is 6.92 Å². The third-order valence-electron chi connectivity index (χ3n) is 2.08. The number of carbonyl (C=O) groups is 1. The zero-order valence-electron chi connectivity index (χ0n) is 8.14. The summed E-state index contributed by atoms with van der Waals surface area (Å²) in [6.45, 7) is 5.15. The van der Waals surface area contributed by atoms with Gasteiger partial charge in [0.15, 0.2) is 0 Å². The van der Waals surface area contributed by atoms with Gasteiger partial charge in [0.25, 0.3) is 0 Å². The van der Waals surface area contributed by atoms with E-state index in [1.165, 1.54) is 0 Å². The largest absolute Gasteiger partial charge is 0.456 e. The molecule has 0 aromatic heterocycles. The minimum Gasteiger partial charge on any atom is -0.456 e. The summed E-state index contributed by atoms with van der Waals surface area (Å²) < 4.78 is 4.71. The summed E-state index contributed by atoms with van der Waals surface area (Å²) in [5, 5.41) is 3.25. The molecule has 1 aliphatic rings. The first-order valence-electron chi connectivity index (χ1n) is 4.61. The van der Waals surface area contributed by atoms with Gasteiger partial charge < -0.3 is 10.1 Å². The van der Waals surface area contributed by atoms with Crippen LogP contribution in [0.25, 0.3) is 0 Å². The predicted molar refractivity (Wildman–Crippen MR) is 50.1 cm³/mol. The number of rotatable bonds is 1. The van der Waals surface area contributed by atoms with Gasteiger partial charge in [-0.25, -0.2) is 4.79 Å². The molecule has 1 saturated heterocycles. The van der Waals surface area contributed by atoms with Crippen LogP contribution in [0.4, 0.5) is 0 Å². The molecule has 0 bridgehead atoms. The maximum Gasteiger partial charge on any atom is 0.384 e. The Balaban J connectivity index is 2.49. The van der Waals surface area contributed by atoms with Gasteiger partial charge in [-0.05, 0) is 33.2 Å². The highest BCUT2D eigenvalue weighted by atomic mass is 16.5. The molecule has 1 heterocycles. The quantitative estimate of drug-likeness (QED) is 0.367. The predicted octanol–water partition coefficient (Wildman–Crippen LogP) is 0.695. The number of esters is 1. The molecule has 1 N–H and O–H groups in total. The van der Waals surface area contributed by atoms with Crippen LogP contribution < -0.4 is 5.32 Å². The zero-order valence-corrected chi connectivity index (χ0v) is 8.14. The lowest BCUT2D eigenvalue weighted by atomic mass is 10.0. The number of nitrogens with one attached hydrogen (secondary N) is 1. The highest BCUT2D eigenvalue weighted by Crippen LogP contribution is 2.16. The van der Waals surface area contributed by atoms with Gasteiger partial charge in [-0.3, -0.25) is 0 Å². The van der Waals surface area contributed by atoms with Crippen molar-refractivity contribution in [1.82, 2.24) is 5.32 Å². The van der Waals surface area contributed by atoms with Gasteiger partial charge in [0.2, 0.25) is 0 Å². The third-order valence-corrected chi connectivity index (χ3v) is 2.08. The molecular weight excluding hydrogens is 166 g/mol. The number of carbonyl (C=O) groups excluding carboxylic acids is 1. The van der Waals surface area contributed by atoms with Crippen LogP contribution in [0, 0.1) is 11.8 Å². The second-order valence-electron chi connectivity index (χ2n) is 3.33. The van der Waals surface area contributed by atoms with Crippen molar-refractivity contribution < 1.29 is 9.53 Å². The second kappa shape index (κ2) is 4.29. The molecule has 0 amide bonds. The van der Waals surface area contributed by atoms with E-state index in [9.17, 15) is 4.79 Å². The van der Waals surface area contributed by atoms with Crippen molar-refractivity contribution in [2.45, 2.75) is 32.2 Å². The number of hydrogen-bond acceptors (Lipinski definition) is 3. The molecule has 1 fully saturated rings. The van der Waals surface area contributed by atoms with E-state index in [0.29, 0.717) is 6.61 Å². The number of ether oxygens (including phenoxy) is 1. The smallest absolute Gasteiger partial charge is 0.384 e. The van der Waals surface area contributed by atoms with E-state index in [4.69, 9.17) is 4.74 Å². The Hall–Kier alpha value is -1.01. The van der Waals surface area contributed by atoms with Gasteiger partial charge in [-0.2, -0.15) is 0 Å². The Morgan fingerprint density at radius 2 is 2.46 bits per heavy atom. The summed E-state index contributed by atoms with van der Waals surface area (Å²) in [5.74, 6) is 4.97. The lowest BCUT2D eigenvalue weighted by Gasteiger charge is -2.15. The fourth-order valence-corrected chi connectivity index (χ4v) is 1.36. The summed E-state index contributed by atoms with van der Waals surface area (Å²) in [4.78, 5) is 10.9. The number of hydrogen-bond donors (Lipinski definition) is 1. The molecule has 1 aliphatic heterocycles. The third kappa shape index (κ3) is 3.08. The Morgan fingerprint density at radius 3 is 3.00 bits per heavy atom. The molecule has 72 valence electrons. The lowest BCUT2D eigenvalue weighted by molar-refractivity contribution is -0.136. The van der Waals surface area contributed by atoms with E-state index < -0.39 is 5.97 Å². The fourth-order valence-electron chi connectivity index (χ4n) is 1.36. The first kappa shape index (κ1) is 10.1. The second-order valence-corrected chi connectivity index (χ2v) is 3.33. The monoisotopic (exact) mass is 181 g/mol. The van der Waals surface area contributed by atoms with E-state index in [2.05, 4.69) is 17.2 Å². The molecule has 13 heavy (non-hydrogen) atoms. The van der Waals surface area contributed by atoms with Gasteiger partial charge in [-0.1, -0.05) is 5.92 Å². The van der Waals surface area contributed by atoms with Crippen LogP contribution in [0.3, 0.4) is 0 Å². The van der Waals surface area contributed by atoms with Crippen LogP contribution >= 0.6 is 0 Å². The normalized spacial score (nSPS) is 26.3. The van der Waals surface area contributed by atoms with E-state index >= 15 is 0 Å². The van der Waals surface area contributed by atoms with Crippen LogP contribution in [-0.2, 0) is 9.53 Å².